The first-order chi connectivity index (χ1) is 15.8. The SMILES string of the molecule is CC(=O)Nc1ccc2nc(NC(=S)NC(=O)c3ccc(-c4ccccc4[N+](=O)[O-])o3)oc2c1. The van der Waals surface area contributed by atoms with E-state index in [-0.39, 0.29) is 39.8 Å². The fourth-order valence-electron chi connectivity index (χ4n) is 3.00. The summed E-state index contributed by atoms with van der Waals surface area (Å²) >= 11 is 5.12. The number of carbonyl (C=O) groups is 2. The van der Waals surface area contributed by atoms with Crippen molar-refractivity contribution in [2.75, 3.05) is 10.6 Å². The third kappa shape index (κ3) is 4.85. The summed E-state index contributed by atoms with van der Waals surface area (Å²) in [6.45, 7) is 1.39. The van der Waals surface area contributed by atoms with E-state index < -0.39 is 10.8 Å². The van der Waals surface area contributed by atoms with Crippen molar-refractivity contribution >= 4 is 57.6 Å². The molecule has 2 aromatic carbocycles. The number of aromatic nitrogens is 1. The Morgan fingerprint density at radius 3 is 2.61 bits per heavy atom. The Labute approximate surface area is 190 Å². The monoisotopic (exact) mass is 465 g/mol. The summed E-state index contributed by atoms with van der Waals surface area (Å²) in [5.41, 5.74) is 1.56. The molecule has 0 spiro atoms. The second-order valence-corrected chi connectivity index (χ2v) is 7.14. The maximum atomic E-state index is 12.5. The van der Waals surface area contributed by atoms with Gasteiger partial charge in [0, 0.05) is 24.7 Å². The van der Waals surface area contributed by atoms with E-state index in [1.165, 1.54) is 37.3 Å². The van der Waals surface area contributed by atoms with Gasteiger partial charge in [-0.25, -0.2) is 0 Å². The summed E-state index contributed by atoms with van der Waals surface area (Å²) in [6.07, 6.45) is 0. The number of nitro benzene ring substituents is 1. The molecule has 0 radical (unpaired) electrons. The number of hydrogen-bond donors (Lipinski definition) is 3. The van der Waals surface area contributed by atoms with Crippen LogP contribution in [0.5, 0.6) is 0 Å². The molecule has 0 unspecified atom stereocenters. The highest BCUT2D eigenvalue weighted by molar-refractivity contribution is 7.80. The molecule has 2 aromatic heterocycles. The van der Waals surface area contributed by atoms with Crippen LogP contribution in [0.15, 0.2) is 63.4 Å². The predicted octanol–water partition coefficient (Wildman–Crippen LogP) is 4.08. The summed E-state index contributed by atoms with van der Waals surface area (Å²) < 4.78 is 11.0. The van der Waals surface area contributed by atoms with Crippen LogP contribution in [0.2, 0.25) is 0 Å². The lowest BCUT2D eigenvalue weighted by atomic mass is 10.1. The largest absolute Gasteiger partial charge is 0.451 e. The van der Waals surface area contributed by atoms with Gasteiger partial charge < -0.3 is 14.2 Å². The van der Waals surface area contributed by atoms with Gasteiger partial charge in [-0.2, -0.15) is 4.98 Å². The maximum absolute atomic E-state index is 12.5. The molecule has 0 aliphatic heterocycles. The molecular weight excluding hydrogens is 450 g/mol. The fraction of sp³-hybridized carbons (Fsp3) is 0.0476. The molecule has 11 nitrogen and oxygen atoms in total. The van der Waals surface area contributed by atoms with Crippen molar-refractivity contribution in [3.05, 3.63) is 70.5 Å². The first-order valence-electron chi connectivity index (χ1n) is 9.44. The van der Waals surface area contributed by atoms with E-state index in [0.717, 1.165) is 0 Å². The first-order valence-corrected chi connectivity index (χ1v) is 9.85. The van der Waals surface area contributed by atoms with E-state index in [1.807, 2.05) is 0 Å². The number of amides is 2. The quantitative estimate of drug-likeness (QED) is 0.225. The number of nitrogens with one attached hydrogen (secondary N) is 3. The molecule has 0 aliphatic carbocycles. The maximum Gasteiger partial charge on any atom is 0.302 e. The van der Waals surface area contributed by atoms with Crippen molar-refractivity contribution in [3.8, 4) is 11.3 Å². The highest BCUT2D eigenvalue weighted by Gasteiger charge is 2.20. The van der Waals surface area contributed by atoms with Crippen molar-refractivity contribution < 1.29 is 23.3 Å². The molecule has 4 rings (SSSR count). The Morgan fingerprint density at radius 1 is 1.06 bits per heavy atom. The number of anilines is 2. The van der Waals surface area contributed by atoms with Crippen molar-refractivity contribution in [1.82, 2.24) is 10.3 Å². The number of para-hydroxylation sites is 1. The minimum Gasteiger partial charge on any atom is -0.451 e. The van der Waals surface area contributed by atoms with Crippen LogP contribution in [-0.2, 0) is 4.79 Å². The topological polar surface area (TPSA) is 153 Å². The number of carbonyl (C=O) groups excluding carboxylic acids is 2. The van der Waals surface area contributed by atoms with Gasteiger partial charge in [-0.05, 0) is 42.5 Å². The number of hydrogen-bond acceptors (Lipinski definition) is 8. The Morgan fingerprint density at radius 2 is 1.85 bits per heavy atom. The zero-order valence-corrected chi connectivity index (χ0v) is 17.8. The van der Waals surface area contributed by atoms with E-state index in [2.05, 4.69) is 20.9 Å². The second-order valence-electron chi connectivity index (χ2n) is 6.73. The summed E-state index contributed by atoms with van der Waals surface area (Å²) in [6, 6.07) is 13.8. The van der Waals surface area contributed by atoms with Crippen molar-refractivity contribution in [2.45, 2.75) is 6.92 Å². The molecule has 33 heavy (non-hydrogen) atoms. The van der Waals surface area contributed by atoms with Gasteiger partial charge in [-0.3, -0.25) is 30.3 Å². The highest BCUT2D eigenvalue weighted by Crippen LogP contribution is 2.30. The van der Waals surface area contributed by atoms with Crippen LogP contribution in [0, 0.1) is 10.1 Å². The van der Waals surface area contributed by atoms with Crippen LogP contribution >= 0.6 is 12.2 Å². The number of rotatable bonds is 5. The van der Waals surface area contributed by atoms with Crippen molar-refractivity contribution in [3.63, 3.8) is 0 Å². The molecular formula is C21H15N5O6S. The zero-order chi connectivity index (χ0) is 23.5. The molecule has 166 valence electrons. The number of thiocarbonyl (C=S) groups is 1. The van der Waals surface area contributed by atoms with Gasteiger partial charge in [0.25, 0.3) is 11.6 Å². The van der Waals surface area contributed by atoms with Crippen LogP contribution in [0.25, 0.3) is 22.4 Å². The Kier molecular flexibility index (Phi) is 5.83. The van der Waals surface area contributed by atoms with Crippen LogP contribution in [0.1, 0.15) is 17.5 Å². The zero-order valence-electron chi connectivity index (χ0n) is 16.9. The van der Waals surface area contributed by atoms with Gasteiger partial charge in [0.1, 0.15) is 11.3 Å². The normalized spacial score (nSPS) is 10.6. The molecule has 2 amide bonds. The van der Waals surface area contributed by atoms with E-state index in [4.69, 9.17) is 21.1 Å². The number of fused-ring (bicyclic) bond motifs is 1. The number of furan rings is 1. The van der Waals surface area contributed by atoms with Crippen molar-refractivity contribution in [2.24, 2.45) is 0 Å². The molecule has 2 heterocycles. The molecule has 0 atom stereocenters. The molecule has 0 fully saturated rings. The Balaban J connectivity index is 1.44. The van der Waals surface area contributed by atoms with Crippen LogP contribution in [0.4, 0.5) is 17.4 Å². The average Bonchev–Trinajstić information content (AvgIpc) is 3.39. The van der Waals surface area contributed by atoms with Crippen LogP contribution < -0.4 is 16.0 Å². The molecule has 4 aromatic rings. The van der Waals surface area contributed by atoms with Gasteiger partial charge in [0.05, 0.1) is 10.5 Å². The lowest BCUT2D eigenvalue weighted by Gasteiger charge is -2.04. The minimum absolute atomic E-state index is 0.0373. The first kappa shape index (κ1) is 21.6. The van der Waals surface area contributed by atoms with Gasteiger partial charge >= 0.3 is 6.01 Å². The Hall–Kier alpha value is -4.58. The molecule has 0 aliphatic rings. The lowest BCUT2D eigenvalue weighted by molar-refractivity contribution is -0.384. The van der Waals surface area contributed by atoms with Gasteiger partial charge in [0.2, 0.25) is 5.91 Å². The molecule has 0 bridgehead atoms. The predicted molar refractivity (Wildman–Crippen MR) is 123 cm³/mol. The summed E-state index contributed by atoms with van der Waals surface area (Å²) in [7, 11) is 0. The number of oxazole rings is 1. The minimum atomic E-state index is -0.665. The second kappa shape index (κ2) is 8.88. The van der Waals surface area contributed by atoms with E-state index >= 15 is 0 Å². The van der Waals surface area contributed by atoms with Crippen molar-refractivity contribution in [1.29, 1.82) is 0 Å². The number of nitrogens with zero attached hydrogens (tertiary/aromatic N) is 2. The number of nitro groups is 1. The average molecular weight is 465 g/mol. The fourth-order valence-corrected chi connectivity index (χ4v) is 3.18. The molecule has 3 N–H and O–H groups in total. The standard InChI is InChI=1S/C21H15N5O6S/c1-11(27)22-12-6-7-14-18(10-12)32-20(23-14)25-21(33)24-19(28)17-9-8-16(31-17)13-4-2-3-5-15(13)26(29)30/h2-10H,1H3,(H,22,27)(H2,23,24,25,28,33). The van der Waals surface area contributed by atoms with Gasteiger partial charge in [-0.15, -0.1) is 0 Å². The van der Waals surface area contributed by atoms with Crippen LogP contribution in [0.3, 0.4) is 0 Å². The molecule has 0 saturated heterocycles. The Bertz CT molecular complexity index is 1410. The van der Waals surface area contributed by atoms with E-state index in [0.29, 0.717) is 16.8 Å². The molecule has 12 heteroatoms. The highest BCUT2D eigenvalue weighted by atomic mass is 32.1. The lowest BCUT2D eigenvalue weighted by Crippen LogP contribution is -2.33. The third-order valence-electron chi connectivity index (χ3n) is 4.35. The third-order valence-corrected chi connectivity index (χ3v) is 4.56. The van der Waals surface area contributed by atoms with Gasteiger partial charge in [0.15, 0.2) is 16.5 Å². The summed E-state index contributed by atoms with van der Waals surface area (Å²) in [5.74, 6) is -0.814. The van der Waals surface area contributed by atoms with E-state index in [1.54, 1.807) is 24.3 Å². The number of benzene rings is 2. The smallest absolute Gasteiger partial charge is 0.302 e. The van der Waals surface area contributed by atoms with Gasteiger partial charge in [-0.1, -0.05) is 12.1 Å². The van der Waals surface area contributed by atoms with Crippen LogP contribution in [-0.4, -0.2) is 26.8 Å². The molecule has 0 saturated carbocycles. The van der Waals surface area contributed by atoms with E-state index in [9.17, 15) is 19.7 Å². The summed E-state index contributed by atoms with van der Waals surface area (Å²) in [5, 5.41) is 18.8. The summed E-state index contributed by atoms with van der Waals surface area (Å²) in [4.78, 5) is 38.5.